The fraction of sp³-hybridized carbons (Fsp3) is 0. The minimum atomic E-state index is -0.670. The summed E-state index contributed by atoms with van der Waals surface area (Å²) >= 11 is 6.22. The van der Waals surface area contributed by atoms with Gasteiger partial charge in [-0.15, -0.1) is 0 Å². The molecule has 0 bridgehead atoms. The van der Waals surface area contributed by atoms with Crippen LogP contribution in [0.3, 0.4) is 0 Å². The highest BCUT2D eigenvalue weighted by Crippen LogP contribution is 2.32. The fourth-order valence-corrected chi connectivity index (χ4v) is 3.95. The molecule has 1 aliphatic rings. The third-order valence-electron chi connectivity index (χ3n) is 5.64. The zero-order chi connectivity index (χ0) is 26.6. The van der Waals surface area contributed by atoms with Crippen molar-refractivity contribution < 1.29 is 23.5 Å². The van der Waals surface area contributed by atoms with Crippen LogP contribution in [0.1, 0.15) is 10.4 Å². The highest BCUT2D eigenvalue weighted by atomic mass is 35.5. The maximum atomic E-state index is 13.8. The van der Waals surface area contributed by atoms with Gasteiger partial charge in [0.2, 0.25) is 0 Å². The van der Waals surface area contributed by atoms with Crippen molar-refractivity contribution in [1.82, 2.24) is 0 Å². The van der Waals surface area contributed by atoms with Crippen LogP contribution in [0.5, 0.6) is 11.5 Å². The summed E-state index contributed by atoms with van der Waals surface area (Å²) in [5.41, 5.74) is 0.995. The molecule has 1 aliphatic heterocycles. The quantitative estimate of drug-likeness (QED) is 0.275. The number of amides is 3. The van der Waals surface area contributed by atoms with Crippen LogP contribution in [0.2, 0.25) is 0 Å². The van der Waals surface area contributed by atoms with Gasteiger partial charge in [-0.1, -0.05) is 41.9 Å². The standard InChI is InChI=1S/C29H19ClFN3O4/c30-25-26(32-19-12-10-18(11-13-19)27(35)33-24-9-5-4-8-23(24)31)29(37)34(28(25)36)20-14-16-22(17-15-20)38-21-6-2-1-3-7-21/h1-17,32H,(H,33,35). The number of halogens is 2. The summed E-state index contributed by atoms with van der Waals surface area (Å²) < 4.78 is 19.6. The van der Waals surface area contributed by atoms with E-state index in [0.717, 1.165) is 4.90 Å². The van der Waals surface area contributed by atoms with Gasteiger partial charge in [-0.25, -0.2) is 9.29 Å². The molecule has 188 valence electrons. The predicted octanol–water partition coefficient (Wildman–Crippen LogP) is 6.31. The first-order valence-electron chi connectivity index (χ1n) is 11.5. The Balaban J connectivity index is 1.26. The van der Waals surface area contributed by atoms with E-state index in [1.807, 2.05) is 30.3 Å². The van der Waals surface area contributed by atoms with Crippen molar-refractivity contribution in [1.29, 1.82) is 0 Å². The van der Waals surface area contributed by atoms with Crippen LogP contribution < -0.4 is 20.3 Å². The molecular formula is C29H19ClFN3O4. The Kier molecular flexibility index (Phi) is 6.88. The van der Waals surface area contributed by atoms with Gasteiger partial charge in [0.05, 0.1) is 11.4 Å². The van der Waals surface area contributed by atoms with Gasteiger partial charge in [0.15, 0.2) is 0 Å². The van der Waals surface area contributed by atoms with E-state index in [4.69, 9.17) is 16.3 Å². The Morgan fingerprint density at radius 2 is 1.39 bits per heavy atom. The van der Waals surface area contributed by atoms with Gasteiger partial charge in [0.1, 0.15) is 28.0 Å². The van der Waals surface area contributed by atoms with Crippen molar-refractivity contribution in [3.63, 3.8) is 0 Å². The van der Waals surface area contributed by atoms with Gasteiger partial charge < -0.3 is 15.4 Å². The summed E-state index contributed by atoms with van der Waals surface area (Å²) in [6.45, 7) is 0. The van der Waals surface area contributed by atoms with Crippen molar-refractivity contribution in [2.45, 2.75) is 0 Å². The monoisotopic (exact) mass is 527 g/mol. The second kappa shape index (κ2) is 10.6. The first-order chi connectivity index (χ1) is 18.4. The summed E-state index contributed by atoms with van der Waals surface area (Å²) in [7, 11) is 0. The average Bonchev–Trinajstić information content (AvgIpc) is 3.14. The highest BCUT2D eigenvalue weighted by Gasteiger charge is 2.39. The van der Waals surface area contributed by atoms with Gasteiger partial charge in [0.25, 0.3) is 17.7 Å². The summed E-state index contributed by atoms with van der Waals surface area (Å²) in [6.07, 6.45) is 0. The lowest BCUT2D eigenvalue weighted by Gasteiger charge is -2.16. The molecule has 0 aromatic heterocycles. The molecule has 7 nitrogen and oxygen atoms in total. The van der Waals surface area contributed by atoms with E-state index in [9.17, 15) is 18.8 Å². The summed E-state index contributed by atoms with van der Waals surface area (Å²) in [5, 5.41) is 5.10. The lowest BCUT2D eigenvalue weighted by molar-refractivity contribution is -0.120. The largest absolute Gasteiger partial charge is 0.457 e. The third kappa shape index (κ3) is 5.11. The summed E-state index contributed by atoms with van der Waals surface area (Å²) in [4.78, 5) is 39.3. The number of imide groups is 1. The van der Waals surface area contributed by atoms with E-state index >= 15 is 0 Å². The minimum Gasteiger partial charge on any atom is -0.457 e. The van der Waals surface area contributed by atoms with E-state index in [1.165, 1.54) is 30.3 Å². The number of anilines is 3. The highest BCUT2D eigenvalue weighted by molar-refractivity contribution is 6.53. The van der Waals surface area contributed by atoms with Crippen LogP contribution >= 0.6 is 11.6 Å². The molecule has 0 saturated carbocycles. The Morgan fingerprint density at radius 3 is 2.08 bits per heavy atom. The van der Waals surface area contributed by atoms with Crippen LogP contribution in [-0.2, 0) is 9.59 Å². The second-order valence-corrected chi connectivity index (χ2v) is 8.56. The number of hydrogen-bond acceptors (Lipinski definition) is 5. The van der Waals surface area contributed by atoms with Gasteiger partial charge in [0, 0.05) is 11.3 Å². The third-order valence-corrected chi connectivity index (χ3v) is 5.99. The molecule has 0 saturated heterocycles. The van der Waals surface area contributed by atoms with Gasteiger partial charge in [-0.3, -0.25) is 14.4 Å². The zero-order valence-electron chi connectivity index (χ0n) is 19.7. The number of nitrogens with zero attached hydrogens (tertiary/aromatic N) is 1. The molecule has 4 aromatic carbocycles. The Bertz CT molecular complexity index is 1560. The van der Waals surface area contributed by atoms with E-state index in [2.05, 4.69) is 10.6 Å². The lowest BCUT2D eigenvalue weighted by Crippen LogP contribution is -2.32. The SMILES string of the molecule is O=C(Nc1ccccc1F)c1ccc(NC2=C(Cl)C(=O)N(c3ccc(Oc4ccccc4)cc3)C2=O)cc1. The average molecular weight is 528 g/mol. The molecule has 4 aromatic rings. The van der Waals surface area contributed by atoms with E-state index in [0.29, 0.717) is 22.9 Å². The molecule has 0 aliphatic carbocycles. The minimum absolute atomic E-state index is 0.0615. The van der Waals surface area contributed by atoms with Gasteiger partial charge >= 0.3 is 0 Å². The number of carbonyl (C=O) groups excluding carboxylic acids is 3. The number of para-hydroxylation sites is 2. The molecule has 0 atom stereocenters. The van der Waals surface area contributed by atoms with Crippen LogP contribution in [0.15, 0.2) is 114 Å². The smallest absolute Gasteiger partial charge is 0.283 e. The number of carbonyl (C=O) groups is 3. The molecule has 1 heterocycles. The Morgan fingerprint density at radius 1 is 0.763 bits per heavy atom. The van der Waals surface area contributed by atoms with Crippen LogP contribution in [0.25, 0.3) is 0 Å². The molecule has 38 heavy (non-hydrogen) atoms. The Labute approximate surface area is 222 Å². The van der Waals surface area contributed by atoms with Crippen LogP contribution in [0.4, 0.5) is 21.5 Å². The van der Waals surface area contributed by atoms with Crippen LogP contribution in [-0.4, -0.2) is 17.7 Å². The number of ether oxygens (including phenoxy) is 1. The van der Waals surface area contributed by atoms with Gasteiger partial charge in [-0.2, -0.15) is 0 Å². The molecular weight excluding hydrogens is 509 g/mol. The molecule has 0 spiro atoms. The molecule has 0 fully saturated rings. The first kappa shape index (κ1) is 24.7. The molecule has 2 N–H and O–H groups in total. The van der Waals surface area contributed by atoms with Crippen molar-refractivity contribution in [3.8, 4) is 11.5 Å². The van der Waals surface area contributed by atoms with Crippen LogP contribution in [0, 0.1) is 5.82 Å². The molecule has 0 unspecified atom stereocenters. The van der Waals surface area contributed by atoms with Gasteiger partial charge in [-0.05, 0) is 72.8 Å². The van der Waals surface area contributed by atoms with Crippen molar-refractivity contribution in [2.75, 3.05) is 15.5 Å². The van der Waals surface area contributed by atoms with Crippen molar-refractivity contribution in [2.24, 2.45) is 0 Å². The molecule has 5 rings (SSSR count). The van der Waals surface area contributed by atoms with Crippen molar-refractivity contribution >= 4 is 46.4 Å². The van der Waals surface area contributed by atoms with E-state index < -0.39 is 23.5 Å². The lowest BCUT2D eigenvalue weighted by atomic mass is 10.2. The normalized spacial score (nSPS) is 13.1. The zero-order valence-corrected chi connectivity index (χ0v) is 20.4. The maximum Gasteiger partial charge on any atom is 0.283 e. The van der Waals surface area contributed by atoms with Crippen molar-refractivity contribution in [3.05, 3.63) is 125 Å². The summed E-state index contributed by atoms with van der Waals surface area (Å²) in [5.74, 6) is -1.16. The second-order valence-electron chi connectivity index (χ2n) is 8.18. The number of nitrogens with one attached hydrogen (secondary N) is 2. The summed E-state index contributed by atoms with van der Waals surface area (Å²) in [6, 6.07) is 27.6. The first-order valence-corrected chi connectivity index (χ1v) is 11.8. The maximum absolute atomic E-state index is 13.8. The topological polar surface area (TPSA) is 87.7 Å². The number of hydrogen-bond donors (Lipinski definition) is 2. The predicted molar refractivity (Wildman–Crippen MR) is 143 cm³/mol. The molecule has 3 amide bonds. The number of rotatable bonds is 7. The molecule has 9 heteroatoms. The Hall–Kier alpha value is -4.95. The molecule has 0 radical (unpaired) electrons. The number of benzene rings is 4. The van der Waals surface area contributed by atoms with E-state index in [1.54, 1.807) is 42.5 Å². The fourth-order valence-electron chi connectivity index (χ4n) is 3.74. The van der Waals surface area contributed by atoms with E-state index in [-0.39, 0.29) is 22.0 Å².